The summed E-state index contributed by atoms with van der Waals surface area (Å²) in [6.45, 7) is 0.0497. The lowest BCUT2D eigenvalue weighted by atomic mass is 9.96. The van der Waals surface area contributed by atoms with E-state index >= 15 is 0 Å². The van der Waals surface area contributed by atoms with Crippen LogP contribution in [0.15, 0.2) is 65.2 Å². The standard InChI is InChI=1S/C24H16F4N4O3/c25-16-7-6-12(10-17(16)26)19(20(33)18-3-1-2-8-29-18)32-11-14-5-4-13(9-15(14)24(32)34)22-30-31-23(35-22)21(27)28/h1-10,19-21,33H,11H2. The molecule has 0 fully saturated rings. The van der Waals surface area contributed by atoms with Crippen LogP contribution in [-0.2, 0) is 6.54 Å². The minimum absolute atomic E-state index is 0.0497. The van der Waals surface area contributed by atoms with Crippen LogP contribution in [0.5, 0.6) is 0 Å². The molecule has 0 radical (unpaired) electrons. The third-order valence-corrected chi connectivity index (χ3v) is 5.73. The van der Waals surface area contributed by atoms with Crippen molar-refractivity contribution in [2.24, 2.45) is 0 Å². The van der Waals surface area contributed by atoms with E-state index in [1.807, 2.05) is 0 Å². The van der Waals surface area contributed by atoms with Gasteiger partial charge in [0.25, 0.3) is 11.8 Å². The second kappa shape index (κ2) is 8.91. The molecule has 0 aliphatic carbocycles. The van der Waals surface area contributed by atoms with Crippen molar-refractivity contribution in [1.82, 2.24) is 20.1 Å². The number of nitrogens with zero attached hydrogens (tertiary/aromatic N) is 4. The number of halogens is 4. The summed E-state index contributed by atoms with van der Waals surface area (Å²) in [6.07, 6.45) is -2.83. The number of carbonyl (C=O) groups excluding carboxylic acids is 1. The molecular weight excluding hydrogens is 468 g/mol. The highest BCUT2D eigenvalue weighted by molar-refractivity contribution is 5.99. The van der Waals surface area contributed by atoms with Crippen molar-refractivity contribution in [2.75, 3.05) is 0 Å². The Bertz CT molecular complexity index is 1400. The maximum Gasteiger partial charge on any atom is 0.314 e. The van der Waals surface area contributed by atoms with E-state index in [1.54, 1.807) is 30.3 Å². The second-order valence-electron chi connectivity index (χ2n) is 7.87. The fourth-order valence-electron chi connectivity index (χ4n) is 4.06. The highest BCUT2D eigenvalue weighted by Crippen LogP contribution is 2.40. The van der Waals surface area contributed by atoms with Crippen molar-refractivity contribution in [3.8, 4) is 11.5 Å². The minimum atomic E-state index is -2.94. The van der Waals surface area contributed by atoms with Gasteiger partial charge >= 0.3 is 6.43 Å². The number of benzene rings is 2. The van der Waals surface area contributed by atoms with Gasteiger partial charge in [0.2, 0.25) is 5.89 Å². The Morgan fingerprint density at radius 2 is 1.83 bits per heavy atom. The first-order chi connectivity index (χ1) is 16.8. The topological polar surface area (TPSA) is 92.4 Å². The van der Waals surface area contributed by atoms with Gasteiger partial charge in [0.05, 0.1) is 11.7 Å². The third-order valence-electron chi connectivity index (χ3n) is 5.73. The van der Waals surface area contributed by atoms with Gasteiger partial charge in [0.15, 0.2) is 11.6 Å². The van der Waals surface area contributed by atoms with Crippen molar-refractivity contribution in [3.63, 3.8) is 0 Å². The Balaban J connectivity index is 1.53. The molecule has 0 bridgehead atoms. The molecule has 4 aromatic rings. The third kappa shape index (κ3) is 4.14. The van der Waals surface area contributed by atoms with Crippen LogP contribution in [0, 0.1) is 11.6 Å². The van der Waals surface area contributed by atoms with Gasteiger partial charge < -0.3 is 14.4 Å². The number of rotatable bonds is 6. The quantitative estimate of drug-likeness (QED) is 0.396. The van der Waals surface area contributed by atoms with Crippen molar-refractivity contribution < 1.29 is 31.9 Å². The van der Waals surface area contributed by atoms with Crippen LogP contribution in [-0.4, -0.2) is 31.1 Å². The van der Waals surface area contributed by atoms with Gasteiger partial charge in [0, 0.05) is 23.9 Å². The molecule has 5 rings (SSSR count). The molecule has 1 aliphatic rings. The second-order valence-corrected chi connectivity index (χ2v) is 7.87. The highest BCUT2D eigenvalue weighted by Gasteiger charge is 2.39. The molecule has 7 nitrogen and oxygen atoms in total. The number of alkyl halides is 2. The summed E-state index contributed by atoms with van der Waals surface area (Å²) in [4.78, 5) is 18.9. The maximum atomic E-state index is 14.1. The Labute approximate surface area is 195 Å². The SMILES string of the molecule is O=C1c2cc(-c3nnc(C(F)F)o3)ccc2CN1C(c1ccc(F)c(F)c1)C(O)c1ccccn1. The molecule has 3 heterocycles. The molecule has 2 atom stereocenters. The molecule has 0 spiro atoms. The lowest BCUT2D eigenvalue weighted by Crippen LogP contribution is -2.33. The van der Waals surface area contributed by atoms with Gasteiger partial charge in [-0.1, -0.05) is 18.2 Å². The van der Waals surface area contributed by atoms with Gasteiger partial charge in [-0.05, 0) is 47.5 Å². The van der Waals surface area contributed by atoms with Gasteiger partial charge in [-0.2, -0.15) is 8.78 Å². The molecule has 35 heavy (non-hydrogen) atoms. The van der Waals surface area contributed by atoms with Crippen LogP contribution in [0.1, 0.15) is 51.6 Å². The summed E-state index contributed by atoms with van der Waals surface area (Å²) in [5.74, 6) is -3.73. The smallest absolute Gasteiger partial charge is 0.314 e. The highest BCUT2D eigenvalue weighted by atomic mass is 19.3. The Hall–Kier alpha value is -4.12. The first kappa shape index (κ1) is 22.7. The van der Waals surface area contributed by atoms with Crippen LogP contribution in [0.3, 0.4) is 0 Å². The van der Waals surface area contributed by atoms with Crippen LogP contribution in [0.25, 0.3) is 11.5 Å². The van der Waals surface area contributed by atoms with Crippen molar-refractivity contribution in [1.29, 1.82) is 0 Å². The molecule has 1 N–H and O–H groups in total. The summed E-state index contributed by atoms with van der Waals surface area (Å²) in [5, 5.41) is 18.1. The molecule has 2 aromatic carbocycles. The monoisotopic (exact) mass is 484 g/mol. The lowest BCUT2D eigenvalue weighted by Gasteiger charge is -2.32. The number of carbonyl (C=O) groups is 1. The number of hydrogen-bond acceptors (Lipinski definition) is 6. The number of hydrogen-bond donors (Lipinski definition) is 1. The van der Waals surface area contributed by atoms with E-state index in [-0.39, 0.29) is 34.8 Å². The van der Waals surface area contributed by atoms with E-state index < -0.39 is 42.0 Å². The van der Waals surface area contributed by atoms with E-state index in [9.17, 15) is 27.5 Å². The largest absolute Gasteiger partial charge is 0.415 e. The molecule has 0 saturated carbocycles. The summed E-state index contributed by atoms with van der Waals surface area (Å²) in [6, 6.07) is 11.5. The Morgan fingerprint density at radius 1 is 1.00 bits per heavy atom. The number of fused-ring (bicyclic) bond motifs is 1. The number of aliphatic hydroxyl groups excluding tert-OH is 1. The molecule has 11 heteroatoms. The van der Waals surface area contributed by atoms with E-state index in [4.69, 9.17) is 4.42 Å². The van der Waals surface area contributed by atoms with Crippen LogP contribution < -0.4 is 0 Å². The molecule has 2 aromatic heterocycles. The molecule has 0 saturated heterocycles. The average Bonchev–Trinajstić information content (AvgIpc) is 3.48. The molecule has 1 aliphatic heterocycles. The van der Waals surface area contributed by atoms with E-state index in [1.165, 1.54) is 23.2 Å². The first-order valence-corrected chi connectivity index (χ1v) is 10.4. The fourth-order valence-corrected chi connectivity index (χ4v) is 4.06. The molecule has 1 amide bonds. The van der Waals surface area contributed by atoms with Crippen LogP contribution in [0.2, 0.25) is 0 Å². The molecule has 178 valence electrons. The first-order valence-electron chi connectivity index (χ1n) is 10.4. The summed E-state index contributed by atoms with van der Waals surface area (Å²) < 4.78 is 58.3. The van der Waals surface area contributed by atoms with Gasteiger partial charge in [-0.3, -0.25) is 9.78 Å². The van der Waals surface area contributed by atoms with Crippen molar-refractivity contribution >= 4 is 5.91 Å². The zero-order chi connectivity index (χ0) is 24.7. The number of pyridine rings is 1. The van der Waals surface area contributed by atoms with Gasteiger partial charge in [0.1, 0.15) is 6.10 Å². The number of amides is 1. The minimum Gasteiger partial charge on any atom is -0.415 e. The van der Waals surface area contributed by atoms with Gasteiger partial charge in [-0.15, -0.1) is 10.2 Å². The zero-order valence-electron chi connectivity index (χ0n) is 17.8. The molecule has 2 unspecified atom stereocenters. The summed E-state index contributed by atoms with van der Waals surface area (Å²) in [5.41, 5.74) is 1.46. The lowest BCUT2D eigenvalue weighted by molar-refractivity contribution is 0.0344. The van der Waals surface area contributed by atoms with Crippen molar-refractivity contribution in [3.05, 3.63) is 101 Å². The fraction of sp³-hybridized carbons (Fsp3) is 0.167. The summed E-state index contributed by atoms with van der Waals surface area (Å²) in [7, 11) is 0. The number of aromatic nitrogens is 3. The van der Waals surface area contributed by atoms with Crippen molar-refractivity contribution in [2.45, 2.75) is 25.1 Å². The predicted molar refractivity (Wildman–Crippen MR) is 113 cm³/mol. The Kier molecular flexibility index (Phi) is 5.77. The number of aliphatic hydroxyl groups is 1. The summed E-state index contributed by atoms with van der Waals surface area (Å²) >= 11 is 0. The van der Waals surface area contributed by atoms with E-state index in [2.05, 4.69) is 15.2 Å². The Morgan fingerprint density at radius 3 is 2.51 bits per heavy atom. The predicted octanol–water partition coefficient (Wildman–Crippen LogP) is 4.78. The van der Waals surface area contributed by atoms with E-state index in [0.717, 1.165) is 12.1 Å². The van der Waals surface area contributed by atoms with E-state index in [0.29, 0.717) is 5.56 Å². The van der Waals surface area contributed by atoms with Crippen LogP contribution >= 0.6 is 0 Å². The van der Waals surface area contributed by atoms with Gasteiger partial charge in [-0.25, -0.2) is 8.78 Å². The normalized spacial score (nSPS) is 14.9. The molecular formula is C24H16F4N4O3. The zero-order valence-corrected chi connectivity index (χ0v) is 17.8. The van der Waals surface area contributed by atoms with Crippen LogP contribution in [0.4, 0.5) is 17.6 Å². The maximum absolute atomic E-state index is 14.1. The average molecular weight is 484 g/mol.